The van der Waals surface area contributed by atoms with Gasteiger partial charge in [0.1, 0.15) is 6.04 Å². The Morgan fingerprint density at radius 2 is 1.89 bits per heavy atom. The van der Waals surface area contributed by atoms with Crippen LogP contribution in [0, 0.1) is 17.8 Å². The Bertz CT molecular complexity index is 384. The van der Waals surface area contributed by atoms with E-state index in [4.69, 9.17) is 5.11 Å². The minimum Gasteiger partial charge on any atom is -0.480 e. The number of esters is 1. The third kappa shape index (κ3) is 3.45. The highest BCUT2D eigenvalue weighted by Gasteiger charge is 2.48. The fraction of sp³-hybridized carbons (Fsp3) is 0.769. The number of amides is 1. The van der Waals surface area contributed by atoms with Crippen LogP contribution in [0.4, 0.5) is 0 Å². The monoisotopic (exact) mass is 269 g/mol. The summed E-state index contributed by atoms with van der Waals surface area (Å²) in [4.78, 5) is 34.0. The molecule has 6 nitrogen and oxygen atoms in total. The summed E-state index contributed by atoms with van der Waals surface area (Å²) < 4.78 is 4.46. The third-order valence-corrected chi connectivity index (χ3v) is 4.09. The van der Waals surface area contributed by atoms with Gasteiger partial charge in [-0.2, -0.15) is 0 Å². The number of carboxylic acid groups (broad SMARTS) is 1. The van der Waals surface area contributed by atoms with Gasteiger partial charge in [0.05, 0.1) is 7.11 Å². The predicted octanol–water partition coefficient (Wildman–Crippen LogP) is 0.555. The van der Waals surface area contributed by atoms with Crippen LogP contribution in [-0.2, 0) is 19.1 Å². The molecule has 0 heterocycles. The van der Waals surface area contributed by atoms with Gasteiger partial charge < -0.3 is 15.2 Å². The average Bonchev–Trinajstić information content (AvgIpc) is 2.99. The van der Waals surface area contributed by atoms with Crippen LogP contribution in [-0.4, -0.2) is 36.1 Å². The van der Waals surface area contributed by atoms with Gasteiger partial charge in [0.15, 0.2) is 0 Å². The fourth-order valence-corrected chi connectivity index (χ4v) is 2.84. The molecular formula is C13H19NO5. The number of rotatable bonds is 6. The van der Waals surface area contributed by atoms with Gasteiger partial charge in [-0.25, -0.2) is 4.79 Å². The standard InChI is InChI=1S/C13H19NO5/c1-19-11(15)3-2-10(13(17)18)14-12(16)9-5-7-4-8(7)6-9/h7-10H,2-6H2,1H3,(H,14,16)(H,17,18)/t7?,8?,9?,10-/m1/s1. The molecule has 2 aliphatic rings. The zero-order chi connectivity index (χ0) is 14.0. The van der Waals surface area contributed by atoms with E-state index in [0.717, 1.165) is 12.8 Å². The summed E-state index contributed by atoms with van der Waals surface area (Å²) in [6.07, 6.45) is 3.02. The van der Waals surface area contributed by atoms with E-state index in [-0.39, 0.29) is 24.7 Å². The van der Waals surface area contributed by atoms with Crippen molar-refractivity contribution in [2.75, 3.05) is 7.11 Å². The van der Waals surface area contributed by atoms with Crippen LogP contribution in [0.1, 0.15) is 32.1 Å². The summed E-state index contributed by atoms with van der Waals surface area (Å²) in [5.41, 5.74) is 0. The quantitative estimate of drug-likeness (QED) is 0.687. The van der Waals surface area contributed by atoms with E-state index in [2.05, 4.69) is 10.1 Å². The second kappa shape index (κ2) is 5.59. The summed E-state index contributed by atoms with van der Waals surface area (Å²) in [6.45, 7) is 0. The van der Waals surface area contributed by atoms with Crippen molar-refractivity contribution in [3.8, 4) is 0 Å². The van der Waals surface area contributed by atoms with Gasteiger partial charge >= 0.3 is 11.9 Å². The van der Waals surface area contributed by atoms with Gasteiger partial charge in [0, 0.05) is 12.3 Å². The normalized spacial score (nSPS) is 29.2. The molecule has 0 radical (unpaired) electrons. The van der Waals surface area contributed by atoms with E-state index in [0.29, 0.717) is 11.8 Å². The lowest BCUT2D eigenvalue weighted by molar-refractivity contribution is -0.144. The van der Waals surface area contributed by atoms with Crippen molar-refractivity contribution >= 4 is 17.8 Å². The molecule has 3 atom stereocenters. The molecule has 2 aliphatic carbocycles. The van der Waals surface area contributed by atoms with E-state index < -0.39 is 18.0 Å². The Morgan fingerprint density at radius 3 is 2.42 bits per heavy atom. The lowest BCUT2D eigenvalue weighted by Gasteiger charge is -2.17. The Labute approximate surface area is 111 Å². The summed E-state index contributed by atoms with van der Waals surface area (Å²) in [5, 5.41) is 11.6. The highest BCUT2D eigenvalue weighted by Crippen LogP contribution is 2.54. The van der Waals surface area contributed by atoms with E-state index in [9.17, 15) is 14.4 Å². The molecule has 2 N–H and O–H groups in total. The SMILES string of the molecule is COC(=O)CC[C@@H](NC(=O)C1CC2CC2C1)C(=O)O. The summed E-state index contributed by atoms with van der Waals surface area (Å²) >= 11 is 0. The van der Waals surface area contributed by atoms with Crippen molar-refractivity contribution in [3.05, 3.63) is 0 Å². The van der Waals surface area contributed by atoms with Crippen LogP contribution in [0.15, 0.2) is 0 Å². The Kier molecular flexibility index (Phi) is 4.07. The molecule has 0 spiro atoms. The number of aliphatic carboxylic acids is 1. The molecule has 0 bridgehead atoms. The van der Waals surface area contributed by atoms with Crippen LogP contribution in [0.3, 0.4) is 0 Å². The average molecular weight is 269 g/mol. The summed E-state index contributed by atoms with van der Waals surface area (Å²) in [5.74, 6) is -0.473. The zero-order valence-corrected chi connectivity index (χ0v) is 10.9. The maximum atomic E-state index is 11.9. The topological polar surface area (TPSA) is 92.7 Å². The Hall–Kier alpha value is -1.59. The lowest BCUT2D eigenvalue weighted by atomic mass is 10.0. The molecular weight excluding hydrogens is 250 g/mol. The van der Waals surface area contributed by atoms with Crippen LogP contribution in [0.2, 0.25) is 0 Å². The van der Waals surface area contributed by atoms with Gasteiger partial charge in [-0.05, 0) is 37.5 Å². The second-order valence-electron chi connectivity index (χ2n) is 5.44. The van der Waals surface area contributed by atoms with Crippen molar-refractivity contribution < 1.29 is 24.2 Å². The lowest BCUT2D eigenvalue weighted by Crippen LogP contribution is -2.43. The maximum absolute atomic E-state index is 11.9. The molecule has 106 valence electrons. The highest BCUT2D eigenvalue weighted by molar-refractivity contribution is 5.85. The summed E-state index contributed by atoms with van der Waals surface area (Å²) in [7, 11) is 1.25. The number of hydrogen-bond acceptors (Lipinski definition) is 4. The number of hydrogen-bond donors (Lipinski definition) is 2. The van der Waals surface area contributed by atoms with E-state index in [1.54, 1.807) is 0 Å². The van der Waals surface area contributed by atoms with E-state index in [1.807, 2.05) is 0 Å². The molecule has 0 aromatic heterocycles. The molecule has 0 aromatic carbocycles. The molecule has 2 unspecified atom stereocenters. The molecule has 0 aliphatic heterocycles. The number of carboxylic acids is 1. The largest absolute Gasteiger partial charge is 0.480 e. The predicted molar refractivity (Wildman–Crippen MR) is 65.1 cm³/mol. The van der Waals surface area contributed by atoms with Gasteiger partial charge in [0.2, 0.25) is 5.91 Å². The molecule has 1 amide bonds. The Morgan fingerprint density at radius 1 is 1.26 bits per heavy atom. The first-order chi connectivity index (χ1) is 9.01. The Balaban J connectivity index is 1.80. The minimum atomic E-state index is -1.11. The van der Waals surface area contributed by atoms with Crippen molar-refractivity contribution in [3.63, 3.8) is 0 Å². The minimum absolute atomic E-state index is 0.0103. The van der Waals surface area contributed by atoms with E-state index >= 15 is 0 Å². The molecule has 0 aromatic rings. The van der Waals surface area contributed by atoms with Crippen LogP contribution in [0.25, 0.3) is 0 Å². The molecule has 6 heteroatoms. The summed E-state index contributed by atoms with van der Waals surface area (Å²) in [6, 6.07) is -1.01. The number of nitrogens with one attached hydrogen (secondary N) is 1. The van der Waals surface area contributed by atoms with Crippen molar-refractivity contribution in [2.45, 2.75) is 38.1 Å². The molecule has 2 fully saturated rings. The van der Waals surface area contributed by atoms with Crippen LogP contribution >= 0.6 is 0 Å². The first-order valence-electron chi connectivity index (χ1n) is 6.61. The smallest absolute Gasteiger partial charge is 0.326 e. The first-order valence-corrected chi connectivity index (χ1v) is 6.61. The molecule has 0 saturated heterocycles. The van der Waals surface area contributed by atoms with Crippen LogP contribution in [0.5, 0.6) is 0 Å². The van der Waals surface area contributed by atoms with Gasteiger partial charge in [-0.1, -0.05) is 0 Å². The van der Waals surface area contributed by atoms with Crippen LogP contribution < -0.4 is 5.32 Å². The van der Waals surface area contributed by atoms with Gasteiger partial charge in [0.25, 0.3) is 0 Å². The van der Waals surface area contributed by atoms with Crippen molar-refractivity contribution in [1.82, 2.24) is 5.32 Å². The molecule has 2 saturated carbocycles. The van der Waals surface area contributed by atoms with Gasteiger partial charge in [-0.3, -0.25) is 9.59 Å². The number of methoxy groups -OCH3 is 1. The number of fused-ring (bicyclic) bond motifs is 1. The first kappa shape index (κ1) is 13.8. The molecule has 2 rings (SSSR count). The van der Waals surface area contributed by atoms with E-state index in [1.165, 1.54) is 13.5 Å². The highest BCUT2D eigenvalue weighted by atomic mass is 16.5. The van der Waals surface area contributed by atoms with Crippen molar-refractivity contribution in [1.29, 1.82) is 0 Å². The number of carbonyl (C=O) groups excluding carboxylic acids is 2. The molecule has 19 heavy (non-hydrogen) atoms. The second-order valence-corrected chi connectivity index (χ2v) is 5.44. The van der Waals surface area contributed by atoms with Gasteiger partial charge in [-0.15, -0.1) is 0 Å². The third-order valence-electron chi connectivity index (χ3n) is 4.09. The number of ether oxygens (including phenoxy) is 1. The van der Waals surface area contributed by atoms with Crippen molar-refractivity contribution in [2.24, 2.45) is 17.8 Å². The maximum Gasteiger partial charge on any atom is 0.326 e. The number of carbonyl (C=O) groups is 3. The fourth-order valence-electron chi connectivity index (χ4n) is 2.84. The zero-order valence-electron chi connectivity index (χ0n) is 10.9.